The second kappa shape index (κ2) is 5.97. The fourth-order valence-corrected chi connectivity index (χ4v) is 4.00. The zero-order valence-corrected chi connectivity index (χ0v) is 15.3. The maximum Gasteiger partial charge on any atom is 0.0578 e. The van der Waals surface area contributed by atoms with E-state index in [1.165, 1.54) is 27.7 Å². The molecule has 1 aliphatic rings. The summed E-state index contributed by atoms with van der Waals surface area (Å²) in [5.74, 6) is 0. The van der Waals surface area contributed by atoms with Gasteiger partial charge in [-0.15, -0.1) is 0 Å². The summed E-state index contributed by atoms with van der Waals surface area (Å²) in [6.07, 6.45) is 4.75. The Kier molecular flexibility index (Phi) is 3.89. The Labute approximate surface area is 149 Å². The van der Waals surface area contributed by atoms with Crippen LogP contribution in [0.15, 0.2) is 42.7 Å². The van der Waals surface area contributed by atoms with E-state index >= 15 is 0 Å². The number of aromatic nitrogens is 2. The molecule has 1 atom stereocenters. The number of nitrogens with two attached hydrogens (primary N) is 1. The van der Waals surface area contributed by atoms with Gasteiger partial charge in [-0.05, 0) is 50.2 Å². The molecule has 4 rings (SSSR count). The van der Waals surface area contributed by atoms with Crippen molar-refractivity contribution in [2.45, 2.75) is 38.9 Å². The van der Waals surface area contributed by atoms with Gasteiger partial charge in [-0.3, -0.25) is 4.98 Å². The van der Waals surface area contributed by atoms with E-state index in [9.17, 15) is 0 Å². The van der Waals surface area contributed by atoms with Gasteiger partial charge in [-0.2, -0.15) is 0 Å². The molecule has 2 N–H and O–H groups in total. The molecular formula is C21H26N4. The van der Waals surface area contributed by atoms with Gasteiger partial charge in [0.1, 0.15) is 0 Å². The Bertz CT molecular complexity index is 909. The van der Waals surface area contributed by atoms with Crippen molar-refractivity contribution in [1.82, 2.24) is 14.5 Å². The monoisotopic (exact) mass is 334 g/mol. The van der Waals surface area contributed by atoms with Gasteiger partial charge >= 0.3 is 0 Å². The predicted molar refractivity (Wildman–Crippen MR) is 102 cm³/mol. The van der Waals surface area contributed by atoms with Crippen molar-refractivity contribution in [3.8, 4) is 0 Å². The molecule has 0 aliphatic carbocycles. The number of nitrogens with zero attached hydrogens (tertiary/aromatic N) is 3. The lowest BCUT2D eigenvalue weighted by molar-refractivity contribution is 0.305. The molecule has 0 fully saturated rings. The highest BCUT2D eigenvalue weighted by Gasteiger charge is 2.28. The van der Waals surface area contributed by atoms with E-state index in [0.29, 0.717) is 0 Å². The first-order valence-electron chi connectivity index (χ1n) is 8.94. The Balaban J connectivity index is 1.85. The third-order valence-corrected chi connectivity index (χ3v) is 5.41. The van der Waals surface area contributed by atoms with Crippen molar-refractivity contribution in [3.05, 3.63) is 65.1 Å². The van der Waals surface area contributed by atoms with Gasteiger partial charge in [0.05, 0.1) is 5.54 Å². The third kappa shape index (κ3) is 2.86. The van der Waals surface area contributed by atoms with Gasteiger partial charge in [0.15, 0.2) is 0 Å². The van der Waals surface area contributed by atoms with Gasteiger partial charge in [-0.25, -0.2) is 0 Å². The summed E-state index contributed by atoms with van der Waals surface area (Å²) in [7, 11) is 2.20. The number of likely N-dealkylation sites (N-methyl/N-ethyl adjacent to an activating group) is 1. The van der Waals surface area contributed by atoms with Crippen LogP contribution < -0.4 is 5.73 Å². The van der Waals surface area contributed by atoms with Crippen LogP contribution in [-0.4, -0.2) is 28.0 Å². The lowest BCUT2D eigenvalue weighted by atomic mass is 9.94. The van der Waals surface area contributed by atoms with E-state index in [1.54, 1.807) is 6.20 Å². The average molecular weight is 334 g/mol. The van der Waals surface area contributed by atoms with Crippen molar-refractivity contribution in [1.29, 1.82) is 0 Å². The zero-order valence-electron chi connectivity index (χ0n) is 15.3. The Morgan fingerprint density at radius 1 is 1.28 bits per heavy atom. The average Bonchev–Trinajstić information content (AvgIpc) is 2.88. The number of rotatable bonds is 3. The molecule has 3 heterocycles. The van der Waals surface area contributed by atoms with Crippen LogP contribution in [0, 0.1) is 6.92 Å². The highest BCUT2D eigenvalue weighted by molar-refractivity contribution is 5.86. The topological polar surface area (TPSA) is 47.1 Å². The first-order valence-corrected chi connectivity index (χ1v) is 8.94. The highest BCUT2D eigenvalue weighted by atomic mass is 15.1. The quantitative estimate of drug-likeness (QED) is 0.800. The molecule has 0 bridgehead atoms. The molecule has 4 heteroatoms. The van der Waals surface area contributed by atoms with Crippen LogP contribution in [0.25, 0.3) is 10.9 Å². The van der Waals surface area contributed by atoms with E-state index < -0.39 is 5.54 Å². The van der Waals surface area contributed by atoms with Crippen LogP contribution in [0.3, 0.4) is 0 Å². The van der Waals surface area contributed by atoms with Gasteiger partial charge in [-0.1, -0.05) is 17.7 Å². The normalized spacial score (nSPS) is 17.4. The number of aryl methyl sites for hydroxylation is 1. The number of hydrogen-bond donors (Lipinski definition) is 1. The van der Waals surface area contributed by atoms with Gasteiger partial charge < -0.3 is 15.2 Å². The minimum absolute atomic E-state index is 0.456. The molecule has 25 heavy (non-hydrogen) atoms. The first-order chi connectivity index (χ1) is 12.0. The van der Waals surface area contributed by atoms with E-state index in [2.05, 4.69) is 59.6 Å². The van der Waals surface area contributed by atoms with Crippen molar-refractivity contribution in [2.24, 2.45) is 5.73 Å². The summed E-state index contributed by atoms with van der Waals surface area (Å²) < 4.78 is 2.45. The van der Waals surface area contributed by atoms with Crippen LogP contribution in [0.1, 0.15) is 29.3 Å². The van der Waals surface area contributed by atoms with E-state index in [1.807, 2.05) is 12.3 Å². The number of hydrogen-bond acceptors (Lipinski definition) is 3. The predicted octanol–water partition coefficient (Wildman–Crippen LogP) is 3.21. The van der Waals surface area contributed by atoms with Crippen LogP contribution in [0.4, 0.5) is 0 Å². The van der Waals surface area contributed by atoms with Crippen molar-refractivity contribution in [3.63, 3.8) is 0 Å². The standard InChI is InChI=1S/C21H26N4/c1-15-6-7-19-17(11-15)18-13-24(3)10-8-20(18)25(19)14-21(2,22)16-5-4-9-23-12-16/h4-7,9,11-12H,8,10,13-14,22H2,1-3H3. The van der Waals surface area contributed by atoms with Crippen LogP contribution in [0.5, 0.6) is 0 Å². The molecule has 0 spiro atoms. The summed E-state index contributed by atoms with van der Waals surface area (Å²) in [6, 6.07) is 10.8. The van der Waals surface area contributed by atoms with Crippen molar-refractivity contribution in [2.75, 3.05) is 13.6 Å². The SMILES string of the molecule is Cc1ccc2c(c1)c1c(n2CC(C)(N)c2cccnc2)CCN(C)C1. The molecule has 1 unspecified atom stereocenters. The Hall–Kier alpha value is -2.17. The van der Waals surface area contributed by atoms with Crippen LogP contribution in [-0.2, 0) is 25.0 Å². The minimum Gasteiger partial charge on any atom is -0.342 e. The van der Waals surface area contributed by atoms with Gasteiger partial charge in [0.25, 0.3) is 0 Å². The maximum absolute atomic E-state index is 6.74. The molecule has 1 aliphatic heterocycles. The summed E-state index contributed by atoms with van der Waals surface area (Å²) in [5.41, 5.74) is 12.9. The third-order valence-electron chi connectivity index (χ3n) is 5.41. The second-order valence-electron chi connectivity index (χ2n) is 7.68. The molecule has 1 aromatic carbocycles. The second-order valence-corrected chi connectivity index (χ2v) is 7.68. The number of pyridine rings is 1. The number of benzene rings is 1. The zero-order chi connectivity index (χ0) is 17.6. The van der Waals surface area contributed by atoms with Gasteiger partial charge in [0.2, 0.25) is 0 Å². The Morgan fingerprint density at radius 3 is 2.88 bits per heavy atom. The number of fused-ring (bicyclic) bond motifs is 3. The van der Waals surface area contributed by atoms with E-state index in [-0.39, 0.29) is 0 Å². The summed E-state index contributed by atoms with van der Waals surface area (Å²) in [4.78, 5) is 6.66. The fourth-order valence-electron chi connectivity index (χ4n) is 4.00. The fraction of sp³-hybridized carbons (Fsp3) is 0.381. The molecule has 0 saturated heterocycles. The highest BCUT2D eigenvalue weighted by Crippen LogP contribution is 2.33. The van der Waals surface area contributed by atoms with Crippen molar-refractivity contribution >= 4 is 10.9 Å². The van der Waals surface area contributed by atoms with Crippen molar-refractivity contribution < 1.29 is 0 Å². The summed E-state index contributed by atoms with van der Waals surface area (Å²) >= 11 is 0. The maximum atomic E-state index is 6.74. The molecule has 4 nitrogen and oxygen atoms in total. The molecule has 2 aromatic heterocycles. The first kappa shape index (κ1) is 16.3. The molecule has 3 aromatic rings. The molecule has 0 radical (unpaired) electrons. The lowest BCUT2D eigenvalue weighted by Crippen LogP contribution is -2.39. The van der Waals surface area contributed by atoms with E-state index in [0.717, 1.165) is 31.6 Å². The molecule has 0 amide bonds. The Morgan fingerprint density at radius 2 is 2.12 bits per heavy atom. The summed E-state index contributed by atoms with van der Waals surface area (Å²) in [6.45, 7) is 7.13. The molecule has 130 valence electrons. The summed E-state index contributed by atoms with van der Waals surface area (Å²) in [5, 5.41) is 1.38. The van der Waals surface area contributed by atoms with E-state index in [4.69, 9.17) is 5.73 Å². The van der Waals surface area contributed by atoms with Crippen LogP contribution in [0.2, 0.25) is 0 Å². The van der Waals surface area contributed by atoms with Crippen LogP contribution >= 0.6 is 0 Å². The molecule has 0 saturated carbocycles. The molecular weight excluding hydrogens is 308 g/mol. The largest absolute Gasteiger partial charge is 0.342 e. The smallest absolute Gasteiger partial charge is 0.0578 e. The lowest BCUT2D eigenvalue weighted by Gasteiger charge is -2.29. The minimum atomic E-state index is -0.456. The van der Waals surface area contributed by atoms with Gasteiger partial charge in [0, 0.05) is 55.0 Å².